The molecule has 7 fully saturated rings. The first-order valence-electron chi connectivity index (χ1n) is 22.2. The number of ether oxygens (including phenoxy) is 1. The molecule has 12 atom stereocenters. The highest BCUT2D eigenvalue weighted by atomic mass is 19.3. The molecule has 0 unspecified atom stereocenters. The summed E-state index contributed by atoms with van der Waals surface area (Å²) in [6, 6.07) is -0.0986. The van der Waals surface area contributed by atoms with Gasteiger partial charge in [0.1, 0.15) is 6.10 Å². The van der Waals surface area contributed by atoms with Crippen molar-refractivity contribution in [3.8, 4) is 0 Å². The van der Waals surface area contributed by atoms with Gasteiger partial charge in [0.2, 0.25) is 5.91 Å². The Bertz CT molecular complexity index is 1710. The van der Waals surface area contributed by atoms with Gasteiger partial charge in [0, 0.05) is 43.9 Å². The Labute approximate surface area is 333 Å². The number of carbonyl (C=O) groups is 4. The first-order chi connectivity index (χ1) is 26.1. The van der Waals surface area contributed by atoms with Gasteiger partial charge in [-0.2, -0.15) is 0 Å². The average molecular weight is 783 g/mol. The standard InChI is InChI=1S/C46H68F2N2O6/c1-26(2)36-32(51)23-45(40(55)50-20-9-10-28(50)24-49-21-19-46(47,48)25-49)18-17-43(7)31(37(36)45)11-12-34-42(6)15-14-35(41(4,5)33(42)13-16-44(34,43)8)56-39(54)30-22-29(27(30)3)38(52)53/h26-31,33-35H,9-25H2,1-8H3,(H,52,53)/t27-,28+,29-,30+,31-,33+,34-,35+,42+,43-,44-,45-/m1/s1. The predicted molar refractivity (Wildman–Crippen MR) is 208 cm³/mol. The van der Waals surface area contributed by atoms with Crippen LogP contribution in [-0.2, 0) is 23.9 Å². The Hall–Kier alpha value is -2.36. The molecule has 312 valence electrons. The monoisotopic (exact) mass is 783 g/mol. The van der Waals surface area contributed by atoms with E-state index in [1.54, 1.807) is 0 Å². The van der Waals surface area contributed by atoms with Crippen molar-refractivity contribution >= 4 is 23.6 Å². The maximum atomic E-state index is 15.2. The van der Waals surface area contributed by atoms with Gasteiger partial charge in [-0.1, -0.05) is 55.4 Å². The van der Waals surface area contributed by atoms with E-state index >= 15 is 4.79 Å². The van der Waals surface area contributed by atoms with E-state index < -0.39 is 23.2 Å². The molecule has 1 amide bonds. The molecule has 2 aliphatic heterocycles. The van der Waals surface area contributed by atoms with E-state index in [-0.39, 0.29) is 94.5 Å². The number of ketones is 1. The summed E-state index contributed by atoms with van der Waals surface area (Å²) in [6.45, 7) is 19.4. The lowest BCUT2D eigenvalue weighted by Crippen LogP contribution is -2.66. The molecule has 8 aliphatic rings. The summed E-state index contributed by atoms with van der Waals surface area (Å²) in [5.41, 5.74) is 0.880. The summed E-state index contributed by atoms with van der Waals surface area (Å²) in [7, 11) is 0. The molecule has 0 spiro atoms. The molecule has 2 saturated heterocycles. The number of alkyl halides is 2. The van der Waals surface area contributed by atoms with Gasteiger partial charge in [0.15, 0.2) is 5.78 Å². The molecule has 8 rings (SSSR count). The average Bonchev–Trinajstić information content (AvgIpc) is 3.79. The molecular weight excluding hydrogens is 715 g/mol. The van der Waals surface area contributed by atoms with Crippen molar-refractivity contribution in [1.82, 2.24) is 9.80 Å². The summed E-state index contributed by atoms with van der Waals surface area (Å²) < 4.78 is 34.7. The van der Waals surface area contributed by atoms with Gasteiger partial charge in [0.05, 0.1) is 23.8 Å². The van der Waals surface area contributed by atoms with Gasteiger partial charge in [-0.25, -0.2) is 8.78 Å². The number of hydrogen-bond acceptors (Lipinski definition) is 6. The Morgan fingerprint density at radius 3 is 2.25 bits per heavy atom. The molecular formula is C46H68F2N2O6. The van der Waals surface area contributed by atoms with Gasteiger partial charge in [-0.3, -0.25) is 24.1 Å². The number of halogens is 2. The van der Waals surface area contributed by atoms with Crippen LogP contribution in [0.1, 0.15) is 139 Å². The number of carboxylic acids is 1. The molecule has 0 aromatic rings. The van der Waals surface area contributed by atoms with E-state index in [9.17, 15) is 28.3 Å². The lowest BCUT2D eigenvalue weighted by molar-refractivity contribution is -0.235. The molecule has 5 saturated carbocycles. The van der Waals surface area contributed by atoms with Gasteiger partial charge < -0.3 is 14.7 Å². The number of allylic oxidation sites excluding steroid dienone is 1. The van der Waals surface area contributed by atoms with E-state index in [0.717, 1.165) is 68.9 Å². The van der Waals surface area contributed by atoms with E-state index in [4.69, 9.17) is 4.74 Å². The number of rotatable bonds is 7. The van der Waals surface area contributed by atoms with Gasteiger partial charge in [0.25, 0.3) is 5.92 Å². The summed E-state index contributed by atoms with van der Waals surface area (Å²) in [5.74, 6) is -3.60. The number of carboxylic acid groups (broad SMARTS) is 1. The third-order valence-corrected chi connectivity index (χ3v) is 18.8. The van der Waals surface area contributed by atoms with Crippen molar-refractivity contribution in [2.75, 3.05) is 26.2 Å². The van der Waals surface area contributed by atoms with Crippen LogP contribution >= 0.6 is 0 Å². The molecule has 8 nitrogen and oxygen atoms in total. The van der Waals surface area contributed by atoms with Crippen molar-refractivity contribution in [2.45, 2.75) is 157 Å². The number of esters is 1. The van der Waals surface area contributed by atoms with Crippen LogP contribution in [0.4, 0.5) is 8.78 Å². The van der Waals surface area contributed by atoms with Gasteiger partial charge in [-0.05, 0) is 128 Å². The van der Waals surface area contributed by atoms with E-state index in [1.165, 1.54) is 0 Å². The number of Topliss-reactive ketones (excluding diaryl/α,β-unsaturated/α-hetero) is 1. The SMILES string of the molecule is CC(C)C1=C2[C@H]3CC[C@@H]4[C@@]5(C)CC[C@H](OC(=O)[C@H]6C[C@@H](C(=O)O)[C@H]6C)C(C)(C)[C@@H]5CC[C@@]4(C)[C@]3(C)CC[C@@]2(C(=O)N2CCC[C@H]2CN2CCC(F)(F)C2)CC1=O. The number of fused-ring (bicyclic) bond motifs is 7. The van der Waals surface area contributed by atoms with Crippen LogP contribution in [0, 0.1) is 68.5 Å². The fourth-order valence-electron chi connectivity index (χ4n) is 15.5. The van der Waals surface area contributed by atoms with Crippen molar-refractivity contribution in [3.63, 3.8) is 0 Å². The quantitative estimate of drug-likeness (QED) is 0.258. The maximum absolute atomic E-state index is 15.2. The van der Waals surface area contributed by atoms with Crippen LogP contribution in [0.3, 0.4) is 0 Å². The molecule has 6 aliphatic carbocycles. The second kappa shape index (κ2) is 13.3. The number of carbonyl (C=O) groups excluding carboxylic acids is 3. The first-order valence-corrected chi connectivity index (χ1v) is 22.2. The molecule has 0 aromatic heterocycles. The molecule has 56 heavy (non-hydrogen) atoms. The lowest BCUT2D eigenvalue weighted by Gasteiger charge is -2.72. The second-order valence-corrected chi connectivity index (χ2v) is 21.8. The van der Waals surface area contributed by atoms with E-state index in [1.807, 2.05) is 16.7 Å². The van der Waals surface area contributed by atoms with E-state index in [0.29, 0.717) is 44.3 Å². The van der Waals surface area contributed by atoms with Crippen LogP contribution in [0.25, 0.3) is 0 Å². The minimum absolute atomic E-state index is 0.0128. The Morgan fingerprint density at radius 1 is 0.875 bits per heavy atom. The third kappa shape index (κ3) is 5.68. The van der Waals surface area contributed by atoms with Gasteiger partial charge >= 0.3 is 11.9 Å². The first kappa shape index (κ1) is 40.4. The number of likely N-dealkylation sites (tertiary alicyclic amines) is 2. The smallest absolute Gasteiger partial charge is 0.309 e. The normalized spacial score (nSPS) is 45.5. The molecule has 0 aromatic carbocycles. The van der Waals surface area contributed by atoms with Crippen molar-refractivity contribution in [2.24, 2.45) is 68.5 Å². The zero-order chi connectivity index (χ0) is 40.5. The van der Waals surface area contributed by atoms with Crippen LogP contribution in [-0.4, -0.2) is 82.8 Å². The predicted octanol–water partition coefficient (Wildman–Crippen LogP) is 8.57. The Balaban J connectivity index is 1.05. The second-order valence-electron chi connectivity index (χ2n) is 21.8. The number of hydrogen-bond donors (Lipinski definition) is 1. The van der Waals surface area contributed by atoms with Crippen molar-refractivity contribution in [1.29, 1.82) is 0 Å². The number of nitrogens with zero attached hydrogens (tertiary/aromatic N) is 2. The minimum Gasteiger partial charge on any atom is -0.481 e. The Morgan fingerprint density at radius 2 is 1.61 bits per heavy atom. The molecule has 0 radical (unpaired) electrons. The number of amides is 1. The largest absolute Gasteiger partial charge is 0.481 e. The maximum Gasteiger partial charge on any atom is 0.309 e. The topological polar surface area (TPSA) is 104 Å². The minimum atomic E-state index is -2.67. The molecule has 0 bridgehead atoms. The fraction of sp³-hybridized carbons (Fsp3) is 0.870. The van der Waals surface area contributed by atoms with Crippen LogP contribution < -0.4 is 0 Å². The highest BCUT2D eigenvalue weighted by molar-refractivity contribution is 6.07. The van der Waals surface area contributed by atoms with Crippen LogP contribution in [0.5, 0.6) is 0 Å². The fourth-order valence-corrected chi connectivity index (χ4v) is 15.5. The lowest BCUT2D eigenvalue weighted by atomic mass is 9.33. The third-order valence-electron chi connectivity index (χ3n) is 18.8. The summed E-state index contributed by atoms with van der Waals surface area (Å²) in [4.78, 5) is 58.4. The van der Waals surface area contributed by atoms with E-state index in [2.05, 4.69) is 48.5 Å². The number of aliphatic carboxylic acids is 1. The molecule has 1 N–H and O–H groups in total. The zero-order valence-electron chi connectivity index (χ0n) is 35.4. The molecule has 10 heteroatoms. The van der Waals surface area contributed by atoms with Crippen LogP contribution in [0.15, 0.2) is 11.1 Å². The van der Waals surface area contributed by atoms with Crippen molar-refractivity contribution in [3.05, 3.63) is 11.1 Å². The summed E-state index contributed by atoms with van der Waals surface area (Å²) >= 11 is 0. The highest BCUT2D eigenvalue weighted by Crippen LogP contribution is 2.77. The van der Waals surface area contributed by atoms with Crippen LogP contribution in [0.2, 0.25) is 0 Å². The molecule has 2 heterocycles. The summed E-state index contributed by atoms with van der Waals surface area (Å²) in [6.07, 6.45) is 9.31. The Kier molecular flexibility index (Phi) is 9.62. The zero-order valence-corrected chi connectivity index (χ0v) is 35.4. The summed E-state index contributed by atoms with van der Waals surface area (Å²) in [5, 5.41) is 9.51. The van der Waals surface area contributed by atoms with Gasteiger partial charge in [-0.15, -0.1) is 0 Å². The van der Waals surface area contributed by atoms with Crippen molar-refractivity contribution < 1.29 is 37.8 Å². The highest BCUT2D eigenvalue weighted by Gasteiger charge is 2.71.